The number of benzene rings is 2. The van der Waals surface area contributed by atoms with Crippen molar-refractivity contribution in [3.63, 3.8) is 0 Å². The lowest BCUT2D eigenvalue weighted by molar-refractivity contribution is -0.115. The van der Waals surface area contributed by atoms with Gasteiger partial charge in [0.15, 0.2) is 5.11 Å². The Labute approximate surface area is 237 Å². The summed E-state index contributed by atoms with van der Waals surface area (Å²) in [6.45, 7) is 1.79. The standard InChI is InChI=1S/C30H28N4O5S/c1-4-26(35)32-21-12-11-20(17-25(21)37-2)34-28(27(33-30(34)40)22-10-5-6-15-31-22)24-14-13-23(39-24)18-8-7-9-19(16-18)29(36)38-3/h5-17,27-28H,4H2,1-3H3,(H,32,35)(H,33,40)/t27-,28-/m0/s1. The monoisotopic (exact) mass is 556 g/mol. The van der Waals surface area contributed by atoms with E-state index in [4.69, 9.17) is 26.1 Å². The number of ether oxygens (including phenoxy) is 2. The van der Waals surface area contributed by atoms with E-state index in [1.165, 1.54) is 7.11 Å². The van der Waals surface area contributed by atoms with Gasteiger partial charge in [0.2, 0.25) is 5.91 Å². The number of hydrogen-bond acceptors (Lipinski definition) is 7. The molecule has 4 aromatic rings. The molecule has 0 aliphatic carbocycles. The Bertz CT molecular complexity index is 1550. The van der Waals surface area contributed by atoms with E-state index < -0.39 is 12.0 Å². The van der Waals surface area contributed by atoms with Crippen LogP contribution >= 0.6 is 12.2 Å². The summed E-state index contributed by atoms with van der Waals surface area (Å²) in [5.74, 6) is 1.20. The topological polar surface area (TPSA) is 106 Å². The minimum atomic E-state index is -0.423. The van der Waals surface area contributed by atoms with Crippen molar-refractivity contribution in [3.8, 4) is 17.1 Å². The maximum Gasteiger partial charge on any atom is 0.337 e. The molecule has 3 heterocycles. The molecule has 40 heavy (non-hydrogen) atoms. The summed E-state index contributed by atoms with van der Waals surface area (Å²) >= 11 is 5.82. The number of nitrogens with zero attached hydrogens (tertiary/aromatic N) is 2. The minimum absolute atomic E-state index is 0.114. The predicted octanol–water partition coefficient (Wildman–Crippen LogP) is 5.66. The number of aromatic nitrogens is 1. The first-order chi connectivity index (χ1) is 19.4. The number of nitrogens with one attached hydrogen (secondary N) is 2. The normalized spacial score (nSPS) is 16.4. The molecule has 2 aromatic heterocycles. The Morgan fingerprint density at radius 1 is 1.07 bits per heavy atom. The summed E-state index contributed by atoms with van der Waals surface area (Å²) < 4.78 is 16.9. The Morgan fingerprint density at radius 3 is 2.65 bits per heavy atom. The number of hydrogen-bond donors (Lipinski definition) is 2. The molecular formula is C30H28N4O5S. The molecule has 0 spiro atoms. The second kappa shape index (κ2) is 11.6. The van der Waals surface area contributed by atoms with Crippen molar-refractivity contribution >= 4 is 40.6 Å². The molecule has 9 nitrogen and oxygen atoms in total. The smallest absolute Gasteiger partial charge is 0.337 e. The second-order valence-corrected chi connectivity index (χ2v) is 9.44. The molecule has 2 N–H and O–H groups in total. The molecule has 0 radical (unpaired) electrons. The Kier molecular flexibility index (Phi) is 7.79. The van der Waals surface area contributed by atoms with Crippen LogP contribution in [-0.4, -0.2) is 36.2 Å². The molecule has 10 heteroatoms. The number of thiocarbonyl (C=S) groups is 1. The highest BCUT2D eigenvalue weighted by atomic mass is 32.1. The van der Waals surface area contributed by atoms with Crippen molar-refractivity contribution in [2.75, 3.05) is 24.4 Å². The van der Waals surface area contributed by atoms with Crippen molar-refractivity contribution in [3.05, 3.63) is 96.0 Å². The maximum atomic E-state index is 12.1. The van der Waals surface area contributed by atoms with Crippen LogP contribution in [0.1, 0.15) is 47.2 Å². The van der Waals surface area contributed by atoms with Gasteiger partial charge in [0, 0.05) is 29.9 Å². The zero-order valence-corrected chi connectivity index (χ0v) is 23.0. The molecular weight excluding hydrogens is 528 g/mol. The lowest BCUT2D eigenvalue weighted by Crippen LogP contribution is -2.29. The second-order valence-electron chi connectivity index (χ2n) is 9.06. The van der Waals surface area contributed by atoms with E-state index in [0.717, 1.165) is 16.9 Å². The van der Waals surface area contributed by atoms with Gasteiger partial charge >= 0.3 is 5.97 Å². The van der Waals surface area contributed by atoms with Gasteiger partial charge in [0.05, 0.1) is 37.2 Å². The van der Waals surface area contributed by atoms with E-state index in [1.807, 2.05) is 53.4 Å². The molecule has 0 saturated carbocycles. The van der Waals surface area contributed by atoms with E-state index in [2.05, 4.69) is 15.6 Å². The lowest BCUT2D eigenvalue weighted by Gasteiger charge is -2.27. The molecule has 0 bridgehead atoms. The molecule has 204 valence electrons. The average molecular weight is 557 g/mol. The van der Waals surface area contributed by atoms with E-state index in [1.54, 1.807) is 44.5 Å². The van der Waals surface area contributed by atoms with Crippen LogP contribution < -0.4 is 20.3 Å². The fourth-order valence-corrected chi connectivity index (χ4v) is 5.02. The van der Waals surface area contributed by atoms with Crippen LogP contribution in [0.4, 0.5) is 11.4 Å². The summed E-state index contributed by atoms with van der Waals surface area (Å²) in [7, 11) is 2.90. The van der Waals surface area contributed by atoms with Gasteiger partial charge in [0.25, 0.3) is 0 Å². The summed E-state index contributed by atoms with van der Waals surface area (Å²) in [4.78, 5) is 30.6. The number of pyridine rings is 1. The summed E-state index contributed by atoms with van der Waals surface area (Å²) in [5, 5.41) is 6.75. The molecule has 5 rings (SSSR count). The zero-order chi connectivity index (χ0) is 28.2. The first-order valence-electron chi connectivity index (χ1n) is 12.7. The highest BCUT2D eigenvalue weighted by molar-refractivity contribution is 7.80. The van der Waals surface area contributed by atoms with Gasteiger partial charge in [-0.15, -0.1) is 0 Å². The van der Waals surface area contributed by atoms with E-state index in [0.29, 0.717) is 40.1 Å². The highest BCUT2D eigenvalue weighted by Gasteiger charge is 2.42. The van der Waals surface area contributed by atoms with Gasteiger partial charge in [-0.1, -0.05) is 25.1 Å². The number of carbonyl (C=O) groups excluding carboxylic acids is 2. The first-order valence-corrected chi connectivity index (χ1v) is 13.1. The van der Waals surface area contributed by atoms with Crippen molar-refractivity contribution in [1.29, 1.82) is 0 Å². The SMILES string of the molecule is CCC(=O)Nc1ccc(N2C(=S)N[C@@H](c3ccccn3)[C@@H]2c2ccc(-c3cccc(C(=O)OC)c3)o2)cc1OC. The quantitative estimate of drug-likeness (QED) is 0.210. The largest absolute Gasteiger partial charge is 0.494 e. The fraction of sp³-hybridized carbons (Fsp3) is 0.200. The van der Waals surface area contributed by atoms with E-state index in [9.17, 15) is 9.59 Å². The summed E-state index contributed by atoms with van der Waals surface area (Å²) in [5.41, 5.74) is 3.28. The third kappa shape index (κ3) is 5.26. The molecule has 0 unspecified atom stereocenters. The molecule has 1 saturated heterocycles. The van der Waals surface area contributed by atoms with Gasteiger partial charge in [-0.25, -0.2) is 4.79 Å². The third-order valence-electron chi connectivity index (χ3n) is 6.64. The molecule has 1 amide bonds. The number of anilines is 2. The third-order valence-corrected chi connectivity index (χ3v) is 6.96. The van der Waals surface area contributed by atoms with Crippen molar-refractivity contribution in [2.24, 2.45) is 0 Å². The minimum Gasteiger partial charge on any atom is -0.494 e. The molecule has 1 aliphatic heterocycles. The predicted molar refractivity (Wildman–Crippen MR) is 155 cm³/mol. The van der Waals surface area contributed by atoms with Crippen LogP contribution in [0.15, 0.2) is 83.4 Å². The van der Waals surface area contributed by atoms with Crippen LogP contribution in [0.2, 0.25) is 0 Å². The Balaban J connectivity index is 1.57. The van der Waals surface area contributed by atoms with Crippen LogP contribution in [-0.2, 0) is 9.53 Å². The van der Waals surface area contributed by atoms with Crippen molar-refractivity contribution < 1.29 is 23.5 Å². The van der Waals surface area contributed by atoms with Crippen LogP contribution in [0.3, 0.4) is 0 Å². The summed E-state index contributed by atoms with van der Waals surface area (Å²) in [6.07, 6.45) is 2.09. The first kappa shape index (κ1) is 26.9. The van der Waals surface area contributed by atoms with Crippen molar-refractivity contribution in [1.82, 2.24) is 10.3 Å². The number of esters is 1. The number of rotatable bonds is 8. The summed E-state index contributed by atoms with van der Waals surface area (Å²) in [6, 6.07) is 21.3. The van der Waals surface area contributed by atoms with Crippen LogP contribution in [0, 0.1) is 0 Å². The molecule has 2 atom stereocenters. The van der Waals surface area contributed by atoms with E-state index >= 15 is 0 Å². The number of furan rings is 1. The highest BCUT2D eigenvalue weighted by Crippen LogP contribution is 2.44. The van der Waals surface area contributed by atoms with Gasteiger partial charge in [-0.3, -0.25) is 9.78 Å². The molecule has 2 aromatic carbocycles. The van der Waals surface area contributed by atoms with Gasteiger partial charge in [0.1, 0.15) is 23.3 Å². The van der Waals surface area contributed by atoms with E-state index in [-0.39, 0.29) is 11.9 Å². The fourth-order valence-electron chi connectivity index (χ4n) is 4.68. The molecule has 1 aliphatic rings. The van der Waals surface area contributed by atoms with Gasteiger partial charge < -0.3 is 29.4 Å². The number of methoxy groups -OCH3 is 2. The number of amides is 1. The van der Waals surface area contributed by atoms with Gasteiger partial charge in [-0.2, -0.15) is 0 Å². The number of carbonyl (C=O) groups is 2. The Morgan fingerprint density at radius 2 is 1.93 bits per heavy atom. The zero-order valence-electron chi connectivity index (χ0n) is 22.2. The maximum absolute atomic E-state index is 12.1. The van der Waals surface area contributed by atoms with Crippen LogP contribution in [0.25, 0.3) is 11.3 Å². The van der Waals surface area contributed by atoms with Crippen LogP contribution in [0.5, 0.6) is 5.75 Å². The lowest BCUT2D eigenvalue weighted by atomic mass is 10.0. The Hall–Kier alpha value is -4.70. The van der Waals surface area contributed by atoms with Crippen molar-refractivity contribution in [2.45, 2.75) is 25.4 Å². The van der Waals surface area contributed by atoms with Gasteiger partial charge in [-0.05, 0) is 60.7 Å². The average Bonchev–Trinajstić information content (AvgIpc) is 3.62. The molecule has 1 fully saturated rings.